The smallest absolute Gasteiger partial charge is 0.390 e. The first kappa shape index (κ1) is 27.6. The number of carbonyl (C=O) groups is 3. The Hall–Kier alpha value is -3.42. The second kappa shape index (κ2) is 9.40. The highest BCUT2D eigenvalue weighted by atomic mass is 19.4. The summed E-state index contributed by atoms with van der Waals surface area (Å²) in [7, 11) is 2.99. The SMILES string of the molecule is CN(C)[C@@H]1C(=O)C(C(N)=O)=C(O)[C@@]2(O)C(=O)C3=C(O)c4c(O)ccc(CNCCC(F)(F)F)c4C[C@H]3C[C@@H]12. The zero-order chi connectivity index (χ0) is 28.3. The van der Waals surface area contributed by atoms with E-state index in [9.17, 15) is 48.0 Å². The largest absolute Gasteiger partial charge is 0.508 e. The van der Waals surface area contributed by atoms with Gasteiger partial charge in [0.25, 0.3) is 5.91 Å². The van der Waals surface area contributed by atoms with Crippen LogP contribution in [-0.2, 0) is 27.3 Å². The minimum Gasteiger partial charge on any atom is -0.508 e. The number of nitrogens with two attached hydrogens (primary N) is 1. The molecule has 3 aliphatic rings. The number of phenolic OH excluding ortho intramolecular Hbond substituents is 1. The van der Waals surface area contributed by atoms with Crippen molar-refractivity contribution in [3.63, 3.8) is 0 Å². The van der Waals surface area contributed by atoms with Gasteiger partial charge in [0.1, 0.15) is 22.8 Å². The van der Waals surface area contributed by atoms with Crippen molar-refractivity contribution in [2.45, 2.75) is 43.6 Å². The number of hydrogen-bond acceptors (Lipinski definition) is 9. The topological polar surface area (TPSA) is 173 Å². The van der Waals surface area contributed by atoms with Gasteiger partial charge in [0.15, 0.2) is 11.4 Å². The number of primary amides is 1. The Kier molecular flexibility index (Phi) is 6.83. The Morgan fingerprint density at radius 3 is 2.45 bits per heavy atom. The average molecular weight is 540 g/mol. The predicted octanol–water partition coefficient (Wildman–Crippen LogP) is 1.01. The molecule has 1 aromatic rings. The summed E-state index contributed by atoms with van der Waals surface area (Å²) in [5.41, 5.74) is 2.12. The van der Waals surface area contributed by atoms with Gasteiger partial charge in [-0.25, -0.2) is 0 Å². The number of ketones is 2. The monoisotopic (exact) mass is 539 g/mol. The van der Waals surface area contributed by atoms with Gasteiger partial charge in [-0.1, -0.05) is 6.07 Å². The summed E-state index contributed by atoms with van der Waals surface area (Å²) < 4.78 is 37.6. The van der Waals surface area contributed by atoms with E-state index in [4.69, 9.17) is 5.73 Å². The summed E-state index contributed by atoms with van der Waals surface area (Å²) in [4.78, 5) is 40.2. The third-order valence-electron chi connectivity index (χ3n) is 7.60. The number of likely N-dealkylation sites (N-methyl/N-ethyl adjacent to an activating group) is 1. The molecule has 3 aliphatic carbocycles. The first-order chi connectivity index (χ1) is 17.6. The van der Waals surface area contributed by atoms with Crippen molar-refractivity contribution in [3.8, 4) is 5.75 Å². The van der Waals surface area contributed by atoms with Gasteiger partial charge in [-0.2, -0.15) is 13.2 Å². The predicted molar refractivity (Wildman–Crippen MR) is 127 cm³/mol. The van der Waals surface area contributed by atoms with Crippen molar-refractivity contribution in [1.82, 2.24) is 10.2 Å². The van der Waals surface area contributed by atoms with Crippen LogP contribution >= 0.6 is 0 Å². The van der Waals surface area contributed by atoms with Crippen molar-refractivity contribution in [2.24, 2.45) is 17.6 Å². The van der Waals surface area contributed by atoms with Crippen LogP contribution in [0.25, 0.3) is 5.76 Å². The number of amides is 1. The molecular weight excluding hydrogens is 511 g/mol. The number of nitrogens with zero attached hydrogens (tertiary/aromatic N) is 1. The van der Waals surface area contributed by atoms with Gasteiger partial charge < -0.3 is 31.5 Å². The lowest BCUT2D eigenvalue weighted by Gasteiger charge is -2.50. The van der Waals surface area contributed by atoms with E-state index in [0.29, 0.717) is 11.1 Å². The molecule has 1 fully saturated rings. The number of Topliss-reactive ketones (excluding diaryl/α,β-unsaturated/α-hetero) is 2. The molecule has 7 N–H and O–H groups in total. The second-order valence-electron chi connectivity index (χ2n) is 10.1. The minimum absolute atomic E-state index is 0.0142. The molecule has 0 unspecified atom stereocenters. The Morgan fingerprint density at radius 2 is 1.87 bits per heavy atom. The molecular formula is C25H28F3N3O7. The first-order valence-corrected chi connectivity index (χ1v) is 11.9. The zero-order valence-electron chi connectivity index (χ0n) is 20.6. The van der Waals surface area contributed by atoms with Crippen molar-refractivity contribution in [1.29, 1.82) is 0 Å². The Balaban J connectivity index is 1.81. The molecule has 0 radical (unpaired) electrons. The van der Waals surface area contributed by atoms with Crippen molar-refractivity contribution >= 4 is 23.2 Å². The summed E-state index contributed by atoms with van der Waals surface area (Å²) >= 11 is 0. The molecule has 4 atom stereocenters. The molecule has 1 aromatic carbocycles. The number of phenols is 1. The quantitative estimate of drug-likeness (QED) is 0.228. The van der Waals surface area contributed by atoms with Crippen LogP contribution in [0, 0.1) is 11.8 Å². The van der Waals surface area contributed by atoms with Crippen LogP contribution in [0.2, 0.25) is 0 Å². The van der Waals surface area contributed by atoms with E-state index in [-0.39, 0.29) is 37.1 Å². The van der Waals surface area contributed by atoms with Crippen molar-refractivity contribution in [2.75, 3.05) is 20.6 Å². The molecule has 206 valence electrons. The molecule has 1 amide bonds. The number of benzene rings is 1. The number of rotatable bonds is 6. The Labute approximate surface area is 215 Å². The lowest BCUT2D eigenvalue weighted by molar-refractivity contribution is -0.153. The van der Waals surface area contributed by atoms with E-state index in [1.165, 1.54) is 31.1 Å². The number of aromatic hydroxyl groups is 1. The highest BCUT2D eigenvalue weighted by molar-refractivity contribution is 6.24. The van der Waals surface area contributed by atoms with Crippen LogP contribution in [0.3, 0.4) is 0 Å². The van der Waals surface area contributed by atoms with Crippen LogP contribution in [0.4, 0.5) is 13.2 Å². The van der Waals surface area contributed by atoms with E-state index >= 15 is 0 Å². The zero-order valence-corrected chi connectivity index (χ0v) is 20.6. The molecule has 0 aromatic heterocycles. The maximum Gasteiger partial charge on any atom is 0.390 e. The van der Waals surface area contributed by atoms with Crippen LogP contribution in [0.15, 0.2) is 29.0 Å². The molecule has 0 bridgehead atoms. The fraction of sp³-hybridized carbons (Fsp3) is 0.480. The second-order valence-corrected chi connectivity index (χ2v) is 10.1. The maximum atomic E-state index is 13.7. The molecule has 10 nitrogen and oxygen atoms in total. The van der Waals surface area contributed by atoms with Crippen LogP contribution in [-0.4, -0.2) is 81.3 Å². The first-order valence-electron chi connectivity index (χ1n) is 11.9. The van der Waals surface area contributed by atoms with E-state index in [2.05, 4.69) is 5.32 Å². The molecule has 4 rings (SSSR count). The van der Waals surface area contributed by atoms with Crippen molar-refractivity contribution in [3.05, 3.63) is 45.7 Å². The van der Waals surface area contributed by atoms with E-state index in [0.717, 1.165) is 0 Å². The standard InChI is InChI=1S/C25H28F3N3O7/c1-31(2)18-13-8-11-7-12-10(9-30-6-5-24(26,27)28)3-4-14(32)16(12)19(33)15(11)21(35)25(13,38)22(36)17(20(18)34)23(29)37/h3-4,11,13,18,30,32-33,36,38H,5-9H2,1-2H3,(H2,29,37)/t11-,13-,18-,25-/m0/s1. The van der Waals surface area contributed by atoms with Gasteiger partial charge in [-0.15, -0.1) is 0 Å². The van der Waals surface area contributed by atoms with Crippen molar-refractivity contribution < 1.29 is 48.0 Å². The Bertz CT molecular complexity index is 1290. The van der Waals surface area contributed by atoms with E-state index < -0.39 is 76.4 Å². The molecule has 13 heteroatoms. The molecule has 0 aliphatic heterocycles. The molecule has 38 heavy (non-hydrogen) atoms. The van der Waals surface area contributed by atoms with Gasteiger partial charge in [-0.3, -0.25) is 19.3 Å². The van der Waals surface area contributed by atoms with Gasteiger partial charge in [0.05, 0.1) is 18.0 Å². The number of fused-ring (bicyclic) bond motifs is 3. The van der Waals surface area contributed by atoms with Gasteiger partial charge in [0.2, 0.25) is 5.78 Å². The minimum atomic E-state index is -4.34. The normalized spacial score (nSPS) is 27.4. The number of aliphatic hydroxyl groups excluding tert-OH is 2. The lowest BCUT2D eigenvalue weighted by Crippen LogP contribution is -2.65. The number of alkyl halides is 3. The number of hydrogen-bond donors (Lipinski definition) is 6. The summed E-state index contributed by atoms with van der Waals surface area (Å²) in [6.45, 7) is -0.372. The fourth-order valence-electron chi connectivity index (χ4n) is 5.93. The molecule has 1 saturated carbocycles. The number of halogens is 3. The average Bonchev–Trinajstić information content (AvgIpc) is 2.79. The van der Waals surface area contributed by atoms with Crippen LogP contribution in [0.1, 0.15) is 29.5 Å². The number of aliphatic hydroxyl groups is 3. The third-order valence-corrected chi connectivity index (χ3v) is 7.60. The third kappa shape index (κ3) is 4.24. The summed E-state index contributed by atoms with van der Waals surface area (Å²) in [5.74, 6) is -7.54. The van der Waals surface area contributed by atoms with Gasteiger partial charge in [-0.05, 0) is 50.0 Å². The Morgan fingerprint density at radius 1 is 1.21 bits per heavy atom. The molecule has 0 spiro atoms. The molecule has 0 saturated heterocycles. The summed E-state index contributed by atoms with van der Waals surface area (Å²) in [6, 6.07) is 1.51. The molecule has 0 heterocycles. The highest BCUT2D eigenvalue weighted by Gasteiger charge is 2.64. The maximum absolute atomic E-state index is 13.7. The summed E-state index contributed by atoms with van der Waals surface area (Å²) in [5, 5.41) is 46.7. The summed E-state index contributed by atoms with van der Waals surface area (Å²) in [6.07, 6.45) is -5.42. The fourth-order valence-corrected chi connectivity index (χ4v) is 5.93. The number of nitrogens with one attached hydrogen (secondary N) is 1. The lowest BCUT2D eigenvalue weighted by atomic mass is 9.57. The van der Waals surface area contributed by atoms with Gasteiger partial charge >= 0.3 is 6.18 Å². The number of carbonyl (C=O) groups excluding carboxylic acids is 3. The highest BCUT2D eigenvalue weighted by Crippen LogP contribution is 2.52. The van der Waals surface area contributed by atoms with Gasteiger partial charge in [0, 0.05) is 24.6 Å². The van der Waals surface area contributed by atoms with E-state index in [1.54, 1.807) is 0 Å². The van der Waals surface area contributed by atoms with E-state index in [1.807, 2.05) is 0 Å². The van der Waals surface area contributed by atoms with Crippen LogP contribution < -0.4 is 11.1 Å². The van der Waals surface area contributed by atoms with Crippen LogP contribution in [0.5, 0.6) is 5.75 Å².